The van der Waals surface area contributed by atoms with Crippen molar-refractivity contribution in [3.8, 4) is 5.75 Å². The van der Waals surface area contributed by atoms with Crippen molar-refractivity contribution in [2.45, 2.75) is 32.7 Å². The third kappa shape index (κ3) is 7.92. The van der Waals surface area contributed by atoms with Crippen LogP contribution in [0.3, 0.4) is 0 Å². The fourth-order valence-electron chi connectivity index (χ4n) is 3.05. The number of rotatable bonds is 7. The van der Waals surface area contributed by atoms with Crippen molar-refractivity contribution in [2.75, 3.05) is 45.9 Å². The van der Waals surface area contributed by atoms with Crippen LogP contribution < -0.4 is 10.1 Å². The highest BCUT2D eigenvalue weighted by atomic mass is 16.6. The van der Waals surface area contributed by atoms with Crippen LogP contribution >= 0.6 is 0 Å². The van der Waals surface area contributed by atoms with E-state index in [2.05, 4.69) is 15.1 Å². The van der Waals surface area contributed by atoms with E-state index < -0.39 is 4.92 Å². The van der Waals surface area contributed by atoms with Crippen LogP contribution in [-0.2, 0) is 4.79 Å². The van der Waals surface area contributed by atoms with Crippen molar-refractivity contribution < 1.29 is 14.5 Å². The Morgan fingerprint density at radius 2 is 1.93 bits per heavy atom. The molecule has 2 rings (SSSR count). The number of non-ortho nitro benzene ring substituents is 1. The van der Waals surface area contributed by atoms with Gasteiger partial charge in [0.25, 0.3) is 5.69 Å². The second-order valence-corrected chi connectivity index (χ2v) is 7.87. The van der Waals surface area contributed by atoms with Crippen molar-refractivity contribution in [3.63, 3.8) is 0 Å². The molecule has 0 saturated carbocycles. The van der Waals surface area contributed by atoms with Crippen LogP contribution in [0.25, 0.3) is 0 Å². The molecule has 0 aromatic heterocycles. The second-order valence-electron chi connectivity index (χ2n) is 7.87. The summed E-state index contributed by atoms with van der Waals surface area (Å²) in [6.07, 6.45) is 1.000. The Morgan fingerprint density at radius 1 is 1.22 bits per heavy atom. The van der Waals surface area contributed by atoms with Gasteiger partial charge < -0.3 is 10.1 Å². The fraction of sp³-hybridized carbons (Fsp3) is 0.632. The van der Waals surface area contributed by atoms with E-state index in [1.54, 1.807) is 12.1 Å². The lowest BCUT2D eigenvalue weighted by Gasteiger charge is -2.25. The van der Waals surface area contributed by atoms with E-state index in [4.69, 9.17) is 4.74 Å². The van der Waals surface area contributed by atoms with E-state index in [-0.39, 0.29) is 17.1 Å². The zero-order valence-electron chi connectivity index (χ0n) is 16.4. The molecule has 8 heteroatoms. The molecule has 1 N–H and O–H groups in total. The highest BCUT2D eigenvalue weighted by Gasteiger charge is 2.19. The minimum atomic E-state index is -0.425. The number of nitrogens with one attached hydrogen (secondary N) is 1. The number of carbonyl (C=O) groups is 1. The first kappa shape index (κ1) is 21.1. The Morgan fingerprint density at radius 3 is 2.63 bits per heavy atom. The minimum absolute atomic E-state index is 0.0337. The Kier molecular flexibility index (Phi) is 7.55. The second kappa shape index (κ2) is 9.66. The Balaban J connectivity index is 1.72. The normalized spacial score (nSPS) is 16.6. The summed E-state index contributed by atoms with van der Waals surface area (Å²) in [5.41, 5.74) is -0.176. The first-order chi connectivity index (χ1) is 12.7. The van der Waals surface area contributed by atoms with Crippen LogP contribution in [0.15, 0.2) is 24.3 Å². The van der Waals surface area contributed by atoms with Gasteiger partial charge in [0, 0.05) is 31.2 Å². The largest absolute Gasteiger partial charge is 0.492 e. The van der Waals surface area contributed by atoms with Crippen LogP contribution in [0.2, 0.25) is 0 Å². The van der Waals surface area contributed by atoms with Gasteiger partial charge in [-0.3, -0.25) is 24.7 Å². The molecule has 0 unspecified atom stereocenters. The number of amides is 1. The summed E-state index contributed by atoms with van der Waals surface area (Å²) in [5.74, 6) is 0.574. The van der Waals surface area contributed by atoms with Crippen LogP contribution in [-0.4, -0.2) is 72.0 Å². The quantitative estimate of drug-likeness (QED) is 0.576. The van der Waals surface area contributed by atoms with Gasteiger partial charge in [-0.1, -0.05) is 6.07 Å². The van der Waals surface area contributed by atoms with Crippen molar-refractivity contribution in [1.29, 1.82) is 0 Å². The molecule has 1 aromatic carbocycles. The molecule has 0 radical (unpaired) electrons. The van der Waals surface area contributed by atoms with Crippen LogP contribution in [0.4, 0.5) is 5.69 Å². The number of nitrogens with zero attached hydrogens (tertiary/aromatic N) is 3. The highest BCUT2D eigenvalue weighted by molar-refractivity contribution is 5.78. The lowest BCUT2D eigenvalue weighted by Crippen LogP contribution is -2.46. The summed E-state index contributed by atoms with van der Waals surface area (Å²) in [4.78, 5) is 27.0. The molecule has 0 aliphatic carbocycles. The van der Waals surface area contributed by atoms with E-state index >= 15 is 0 Å². The maximum absolute atomic E-state index is 12.1. The van der Waals surface area contributed by atoms with Gasteiger partial charge in [-0.2, -0.15) is 0 Å². The number of benzene rings is 1. The zero-order valence-corrected chi connectivity index (χ0v) is 16.4. The number of hydrogen-bond acceptors (Lipinski definition) is 6. The molecule has 1 aliphatic rings. The summed E-state index contributed by atoms with van der Waals surface area (Å²) in [5, 5.41) is 13.8. The minimum Gasteiger partial charge on any atom is -0.492 e. The molecular formula is C19H30N4O4. The molecule has 1 heterocycles. The Hall–Kier alpha value is -2.19. The van der Waals surface area contributed by atoms with Gasteiger partial charge in [-0.15, -0.1) is 0 Å². The van der Waals surface area contributed by atoms with Gasteiger partial charge in [0.15, 0.2) is 0 Å². The standard InChI is InChI=1S/C19H30N4O4/c1-19(2,3)20-18(24)15-22-9-5-8-21(10-11-22)12-13-27-17-7-4-6-16(14-17)23(25)26/h4,6-7,14H,5,8-13,15H2,1-3H3,(H,20,24). The molecule has 1 fully saturated rings. The summed E-state index contributed by atoms with van der Waals surface area (Å²) in [7, 11) is 0. The fourth-order valence-corrected chi connectivity index (χ4v) is 3.05. The molecular weight excluding hydrogens is 348 g/mol. The van der Waals surface area contributed by atoms with E-state index in [9.17, 15) is 14.9 Å². The number of carbonyl (C=O) groups excluding carboxylic acids is 1. The summed E-state index contributed by atoms with van der Waals surface area (Å²) >= 11 is 0. The predicted molar refractivity (Wildman–Crippen MR) is 104 cm³/mol. The number of ether oxygens (including phenoxy) is 1. The monoisotopic (exact) mass is 378 g/mol. The molecule has 8 nitrogen and oxygen atoms in total. The van der Waals surface area contributed by atoms with E-state index in [1.807, 2.05) is 20.8 Å². The average molecular weight is 378 g/mol. The molecule has 1 amide bonds. The summed E-state index contributed by atoms with van der Waals surface area (Å²) in [6, 6.07) is 6.24. The smallest absolute Gasteiger partial charge is 0.273 e. The Labute approximate surface area is 160 Å². The molecule has 1 saturated heterocycles. The molecule has 0 atom stereocenters. The van der Waals surface area contributed by atoms with E-state index in [0.29, 0.717) is 18.9 Å². The van der Waals surface area contributed by atoms with Gasteiger partial charge in [-0.05, 0) is 46.3 Å². The van der Waals surface area contributed by atoms with Crippen LogP contribution in [0, 0.1) is 10.1 Å². The van der Waals surface area contributed by atoms with Gasteiger partial charge in [-0.25, -0.2) is 0 Å². The van der Waals surface area contributed by atoms with Crippen molar-refractivity contribution in [1.82, 2.24) is 15.1 Å². The van der Waals surface area contributed by atoms with Crippen molar-refractivity contribution >= 4 is 11.6 Å². The SMILES string of the molecule is CC(C)(C)NC(=O)CN1CCCN(CCOc2cccc([N+](=O)[O-])c2)CC1. The molecule has 1 aromatic rings. The average Bonchev–Trinajstić information content (AvgIpc) is 2.79. The summed E-state index contributed by atoms with van der Waals surface area (Å²) in [6.45, 7) is 11.2. The van der Waals surface area contributed by atoms with Crippen molar-refractivity contribution in [3.05, 3.63) is 34.4 Å². The van der Waals surface area contributed by atoms with Crippen LogP contribution in [0.5, 0.6) is 5.75 Å². The lowest BCUT2D eigenvalue weighted by atomic mass is 10.1. The maximum atomic E-state index is 12.1. The number of nitro groups is 1. The number of nitro benzene ring substituents is 1. The van der Waals surface area contributed by atoms with Crippen LogP contribution in [0.1, 0.15) is 27.2 Å². The maximum Gasteiger partial charge on any atom is 0.273 e. The van der Waals surface area contributed by atoms with Gasteiger partial charge in [0.05, 0.1) is 17.5 Å². The van der Waals surface area contributed by atoms with Gasteiger partial charge >= 0.3 is 0 Å². The third-order valence-corrected chi connectivity index (χ3v) is 4.27. The summed E-state index contributed by atoms with van der Waals surface area (Å²) < 4.78 is 5.66. The molecule has 27 heavy (non-hydrogen) atoms. The predicted octanol–water partition coefficient (Wildman–Crippen LogP) is 1.90. The van der Waals surface area contributed by atoms with Gasteiger partial charge in [0.2, 0.25) is 5.91 Å². The molecule has 150 valence electrons. The molecule has 1 aliphatic heterocycles. The highest BCUT2D eigenvalue weighted by Crippen LogP contribution is 2.19. The first-order valence-corrected chi connectivity index (χ1v) is 9.36. The van der Waals surface area contributed by atoms with E-state index in [1.165, 1.54) is 12.1 Å². The van der Waals surface area contributed by atoms with Gasteiger partial charge in [0.1, 0.15) is 12.4 Å². The molecule has 0 bridgehead atoms. The third-order valence-electron chi connectivity index (χ3n) is 4.27. The molecule has 0 spiro atoms. The lowest BCUT2D eigenvalue weighted by molar-refractivity contribution is -0.384. The Bertz CT molecular complexity index is 645. The topological polar surface area (TPSA) is 88.0 Å². The van der Waals surface area contributed by atoms with E-state index in [0.717, 1.165) is 39.1 Å². The zero-order chi connectivity index (χ0) is 19.9. The number of hydrogen-bond donors (Lipinski definition) is 1. The van der Waals surface area contributed by atoms with Crippen molar-refractivity contribution in [2.24, 2.45) is 0 Å². The first-order valence-electron chi connectivity index (χ1n) is 9.36.